The molecule has 158 valence electrons. The van der Waals surface area contributed by atoms with Crippen LogP contribution in [0.1, 0.15) is 11.3 Å². The van der Waals surface area contributed by atoms with E-state index in [1.807, 2.05) is 0 Å². The van der Waals surface area contributed by atoms with Crippen LogP contribution in [0, 0.1) is 11.6 Å². The molecule has 2 amide bonds. The lowest BCUT2D eigenvalue weighted by Gasteiger charge is -2.22. The van der Waals surface area contributed by atoms with Crippen LogP contribution in [0.15, 0.2) is 65.3 Å². The van der Waals surface area contributed by atoms with Gasteiger partial charge in [-0.05, 0) is 42.0 Å². The smallest absolute Gasteiger partial charge is 0.322 e. The van der Waals surface area contributed by atoms with Crippen molar-refractivity contribution in [1.29, 1.82) is 0 Å². The highest BCUT2D eigenvalue weighted by Crippen LogP contribution is 2.19. The number of nitrogens with one attached hydrogen (secondary N) is 1. The van der Waals surface area contributed by atoms with Gasteiger partial charge in [0, 0.05) is 18.3 Å². The number of rotatable bonds is 7. The minimum absolute atomic E-state index is 0.0974. The van der Waals surface area contributed by atoms with Crippen LogP contribution in [-0.4, -0.2) is 25.6 Å². The Balaban J connectivity index is 1.76. The van der Waals surface area contributed by atoms with Gasteiger partial charge in [0.15, 0.2) is 11.6 Å². The van der Waals surface area contributed by atoms with Gasteiger partial charge >= 0.3 is 16.1 Å². The van der Waals surface area contributed by atoms with Crippen LogP contribution in [0.4, 0.5) is 19.3 Å². The predicted octanol–water partition coefficient (Wildman–Crippen LogP) is 4.13. The Morgan fingerprint density at radius 2 is 1.80 bits per heavy atom. The summed E-state index contributed by atoms with van der Waals surface area (Å²) in [5.41, 5.74) is 0.781. The van der Waals surface area contributed by atoms with Crippen molar-refractivity contribution in [2.75, 3.05) is 11.6 Å². The number of furan rings is 1. The Bertz CT molecular complexity index is 1120. The molecule has 1 aromatic heterocycles. The quantitative estimate of drug-likeness (QED) is 0.563. The van der Waals surface area contributed by atoms with E-state index >= 15 is 0 Å². The van der Waals surface area contributed by atoms with Crippen LogP contribution >= 0.6 is 0 Å². The van der Waals surface area contributed by atoms with Crippen LogP contribution in [0.5, 0.6) is 5.75 Å². The van der Waals surface area contributed by atoms with Gasteiger partial charge in [0.25, 0.3) is 0 Å². The van der Waals surface area contributed by atoms with E-state index in [4.69, 9.17) is 8.60 Å². The molecule has 3 rings (SSSR count). The molecule has 0 spiro atoms. The lowest BCUT2D eigenvalue weighted by atomic mass is 10.2. The van der Waals surface area contributed by atoms with Gasteiger partial charge in [0.05, 0.1) is 19.1 Å². The molecular formula is C20H18F2N2O5S. The molecular weight excluding hydrogens is 418 g/mol. The van der Waals surface area contributed by atoms with Crippen molar-refractivity contribution >= 4 is 21.8 Å². The van der Waals surface area contributed by atoms with Gasteiger partial charge in [-0.25, -0.2) is 13.6 Å². The summed E-state index contributed by atoms with van der Waals surface area (Å²) < 4.78 is 59.0. The maximum absolute atomic E-state index is 13.4. The zero-order valence-electron chi connectivity index (χ0n) is 15.8. The average Bonchev–Trinajstić information content (AvgIpc) is 3.18. The van der Waals surface area contributed by atoms with E-state index in [0.29, 0.717) is 11.3 Å². The fourth-order valence-electron chi connectivity index (χ4n) is 2.61. The molecule has 0 unspecified atom stereocenters. The zero-order chi connectivity index (χ0) is 21.7. The summed E-state index contributed by atoms with van der Waals surface area (Å²) in [6.07, 6.45) is 2.41. The third-order valence-electron chi connectivity index (χ3n) is 3.93. The Kier molecular flexibility index (Phi) is 6.36. The second kappa shape index (κ2) is 8.95. The van der Waals surface area contributed by atoms with Crippen LogP contribution in [0.3, 0.4) is 0 Å². The first-order chi connectivity index (χ1) is 14.2. The maximum Gasteiger partial charge on any atom is 0.322 e. The number of urea groups is 1. The largest absolute Gasteiger partial charge is 0.467 e. The molecule has 10 heteroatoms. The molecule has 0 bridgehead atoms. The van der Waals surface area contributed by atoms with Crippen molar-refractivity contribution in [2.45, 2.75) is 13.1 Å². The lowest BCUT2D eigenvalue weighted by molar-refractivity contribution is 0.201. The molecule has 0 fully saturated rings. The molecule has 1 N–H and O–H groups in total. The molecule has 2 aromatic carbocycles. The number of anilines is 1. The SMILES string of the molecule is CS(=O)(=O)Oc1ccc(CN(Cc2ccco2)C(=O)Nc2ccc(F)c(F)c2)cc1. The topological polar surface area (TPSA) is 88.9 Å². The number of benzene rings is 2. The molecule has 0 atom stereocenters. The van der Waals surface area contributed by atoms with Gasteiger partial charge in [0.2, 0.25) is 0 Å². The van der Waals surface area contributed by atoms with Gasteiger partial charge in [-0.3, -0.25) is 0 Å². The number of halogens is 2. The molecule has 0 saturated heterocycles. The van der Waals surface area contributed by atoms with Gasteiger partial charge in [-0.15, -0.1) is 0 Å². The minimum atomic E-state index is -3.65. The van der Waals surface area contributed by atoms with Crippen molar-refractivity contribution in [3.8, 4) is 5.75 Å². The summed E-state index contributed by atoms with van der Waals surface area (Å²) in [6, 6.07) is 12.0. The van der Waals surface area contributed by atoms with Crippen molar-refractivity contribution in [3.63, 3.8) is 0 Å². The molecule has 1 heterocycles. The van der Waals surface area contributed by atoms with E-state index < -0.39 is 27.8 Å². The molecule has 7 nitrogen and oxygen atoms in total. The summed E-state index contributed by atoms with van der Waals surface area (Å²) in [5.74, 6) is -1.43. The first kappa shape index (κ1) is 21.3. The molecule has 0 aliphatic heterocycles. The maximum atomic E-state index is 13.4. The number of hydrogen-bond donors (Lipinski definition) is 1. The number of amides is 2. The van der Waals surface area contributed by atoms with Gasteiger partial charge in [-0.2, -0.15) is 8.42 Å². The minimum Gasteiger partial charge on any atom is -0.467 e. The second-order valence-corrected chi connectivity index (χ2v) is 8.00. The van der Waals surface area contributed by atoms with Crippen molar-refractivity contribution in [1.82, 2.24) is 4.90 Å². The normalized spacial score (nSPS) is 11.2. The van der Waals surface area contributed by atoms with E-state index in [9.17, 15) is 22.0 Å². The average molecular weight is 436 g/mol. The first-order valence-corrected chi connectivity index (χ1v) is 10.5. The van der Waals surface area contributed by atoms with E-state index in [2.05, 4.69) is 5.32 Å². The van der Waals surface area contributed by atoms with Crippen LogP contribution in [0.25, 0.3) is 0 Å². The third-order valence-corrected chi connectivity index (χ3v) is 4.42. The van der Waals surface area contributed by atoms with Gasteiger partial charge in [-0.1, -0.05) is 12.1 Å². The second-order valence-electron chi connectivity index (χ2n) is 6.43. The highest BCUT2D eigenvalue weighted by Gasteiger charge is 2.17. The predicted molar refractivity (Wildman–Crippen MR) is 105 cm³/mol. The Hall–Kier alpha value is -3.40. The van der Waals surface area contributed by atoms with Gasteiger partial charge < -0.3 is 18.8 Å². The summed E-state index contributed by atoms with van der Waals surface area (Å²) in [4.78, 5) is 14.1. The number of carbonyl (C=O) groups excluding carboxylic acids is 1. The molecule has 0 radical (unpaired) electrons. The van der Waals surface area contributed by atoms with Crippen molar-refractivity contribution in [2.24, 2.45) is 0 Å². The summed E-state index contributed by atoms with van der Waals surface area (Å²) in [7, 11) is -3.65. The molecule has 30 heavy (non-hydrogen) atoms. The summed E-state index contributed by atoms with van der Waals surface area (Å²) in [6.45, 7) is 0.249. The Morgan fingerprint density at radius 3 is 2.40 bits per heavy atom. The standard InChI is InChI=1S/C20H18F2N2O5S/c1-30(26,27)29-16-7-4-14(5-8-16)12-24(13-17-3-2-10-28-17)20(25)23-15-6-9-18(21)19(22)11-15/h2-11H,12-13H2,1H3,(H,23,25). The summed E-state index contributed by atoms with van der Waals surface area (Å²) >= 11 is 0. The number of nitrogens with zero attached hydrogens (tertiary/aromatic N) is 1. The fourth-order valence-corrected chi connectivity index (χ4v) is 3.07. The molecule has 0 aliphatic carbocycles. The third kappa shape index (κ3) is 6.05. The van der Waals surface area contributed by atoms with E-state index in [0.717, 1.165) is 18.4 Å². The van der Waals surface area contributed by atoms with Gasteiger partial charge in [0.1, 0.15) is 11.5 Å². The lowest BCUT2D eigenvalue weighted by Crippen LogP contribution is -2.34. The monoisotopic (exact) mass is 436 g/mol. The highest BCUT2D eigenvalue weighted by molar-refractivity contribution is 7.86. The van der Waals surface area contributed by atoms with Crippen molar-refractivity contribution < 1.29 is 30.6 Å². The molecule has 0 saturated carbocycles. The Labute approximate surface area is 172 Å². The fraction of sp³-hybridized carbons (Fsp3) is 0.150. The molecule has 3 aromatic rings. The van der Waals surface area contributed by atoms with Crippen molar-refractivity contribution in [3.05, 3.63) is 83.8 Å². The van der Waals surface area contributed by atoms with Crippen LogP contribution < -0.4 is 9.50 Å². The summed E-state index contributed by atoms with van der Waals surface area (Å²) in [5, 5.41) is 2.52. The Morgan fingerprint density at radius 1 is 1.07 bits per heavy atom. The first-order valence-electron chi connectivity index (χ1n) is 8.71. The van der Waals surface area contributed by atoms with E-state index in [1.54, 1.807) is 24.3 Å². The number of carbonyl (C=O) groups is 1. The number of hydrogen-bond acceptors (Lipinski definition) is 5. The van der Waals surface area contributed by atoms with Crippen LogP contribution in [0.2, 0.25) is 0 Å². The van der Waals surface area contributed by atoms with E-state index in [-0.39, 0.29) is 24.5 Å². The van der Waals surface area contributed by atoms with Crippen LogP contribution in [-0.2, 0) is 23.2 Å². The molecule has 0 aliphatic rings. The highest BCUT2D eigenvalue weighted by atomic mass is 32.2. The van der Waals surface area contributed by atoms with E-state index in [1.165, 1.54) is 29.4 Å². The zero-order valence-corrected chi connectivity index (χ0v) is 16.7.